The van der Waals surface area contributed by atoms with E-state index in [0.717, 1.165) is 22.5 Å². The van der Waals surface area contributed by atoms with Crippen molar-refractivity contribution in [2.24, 2.45) is 0 Å². The first-order valence-electron chi connectivity index (χ1n) is 3.77. The van der Waals surface area contributed by atoms with E-state index in [1.54, 1.807) is 12.4 Å². The van der Waals surface area contributed by atoms with Crippen LogP contribution >= 0.6 is 27.7 Å². The zero-order chi connectivity index (χ0) is 9.52. The van der Waals surface area contributed by atoms with Crippen molar-refractivity contribution in [2.75, 3.05) is 11.6 Å². The molecule has 1 heterocycles. The normalized spacial score (nSPS) is 9.08. The van der Waals surface area contributed by atoms with Gasteiger partial charge in [-0.15, -0.1) is 0 Å². The van der Waals surface area contributed by atoms with Crippen molar-refractivity contribution in [1.82, 2.24) is 9.97 Å². The summed E-state index contributed by atoms with van der Waals surface area (Å²) in [6.07, 6.45) is 6.30. The van der Waals surface area contributed by atoms with Gasteiger partial charge in [0, 0.05) is 24.1 Å². The molecule has 0 saturated carbocycles. The molecule has 2 nitrogen and oxygen atoms in total. The van der Waals surface area contributed by atoms with Crippen molar-refractivity contribution in [3.8, 4) is 11.8 Å². The van der Waals surface area contributed by atoms with E-state index in [2.05, 4.69) is 37.7 Å². The average Bonchev–Trinajstić information content (AvgIpc) is 2.19. The van der Waals surface area contributed by atoms with Crippen LogP contribution in [0.5, 0.6) is 0 Å². The van der Waals surface area contributed by atoms with Crippen molar-refractivity contribution in [3.63, 3.8) is 0 Å². The Labute approximate surface area is 90.7 Å². The maximum atomic E-state index is 4.11. The van der Waals surface area contributed by atoms with Crippen LogP contribution in [0.15, 0.2) is 17.6 Å². The van der Waals surface area contributed by atoms with E-state index in [4.69, 9.17) is 0 Å². The summed E-state index contributed by atoms with van der Waals surface area (Å²) in [5.74, 6) is 5.99. The summed E-state index contributed by atoms with van der Waals surface area (Å²) in [5.41, 5.74) is 0.874. The van der Waals surface area contributed by atoms with Gasteiger partial charge in [-0.05, 0) is 6.26 Å². The number of rotatable bonds is 2. The van der Waals surface area contributed by atoms with Gasteiger partial charge in [-0.25, -0.2) is 9.97 Å². The van der Waals surface area contributed by atoms with E-state index in [1.165, 1.54) is 11.8 Å². The van der Waals surface area contributed by atoms with E-state index in [0.29, 0.717) is 0 Å². The molecule has 0 amide bonds. The third-order valence-corrected chi connectivity index (χ3v) is 2.24. The van der Waals surface area contributed by atoms with Gasteiger partial charge in [-0.3, -0.25) is 0 Å². The largest absolute Gasteiger partial charge is 0.230 e. The molecule has 1 rings (SSSR count). The van der Waals surface area contributed by atoms with Crippen LogP contribution in [0.25, 0.3) is 0 Å². The lowest BCUT2D eigenvalue weighted by atomic mass is 10.3. The lowest BCUT2D eigenvalue weighted by Gasteiger charge is -1.92. The van der Waals surface area contributed by atoms with Crippen molar-refractivity contribution in [1.29, 1.82) is 0 Å². The SMILES string of the molecule is CSc1ncc(C#CCCBr)cn1. The molecule has 0 aliphatic rings. The highest BCUT2D eigenvalue weighted by atomic mass is 79.9. The zero-order valence-corrected chi connectivity index (χ0v) is 9.65. The predicted molar refractivity (Wildman–Crippen MR) is 59.1 cm³/mol. The summed E-state index contributed by atoms with van der Waals surface area (Å²) in [6, 6.07) is 0. The molecule has 1 aromatic rings. The van der Waals surface area contributed by atoms with E-state index < -0.39 is 0 Å². The summed E-state index contributed by atoms with van der Waals surface area (Å²) in [7, 11) is 0. The summed E-state index contributed by atoms with van der Waals surface area (Å²) >= 11 is 4.84. The first-order valence-corrected chi connectivity index (χ1v) is 6.12. The molecule has 0 fully saturated rings. The van der Waals surface area contributed by atoms with Crippen LogP contribution in [0.2, 0.25) is 0 Å². The molecule has 0 radical (unpaired) electrons. The quantitative estimate of drug-likeness (QED) is 0.352. The number of aromatic nitrogens is 2. The van der Waals surface area contributed by atoms with Crippen molar-refractivity contribution in [3.05, 3.63) is 18.0 Å². The molecule has 1 aromatic heterocycles. The molecule has 0 aliphatic carbocycles. The molecular formula is C9H9BrN2S. The van der Waals surface area contributed by atoms with Crippen LogP contribution in [0.4, 0.5) is 0 Å². The molecule has 0 atom stereocenters. The second kappa shape index (κ2) is 6.01. The van der Waals surface area contributed by atoms with Gasteiger partial charge in [0.15, 0.2) is 5.16 Å². The Bertz CT molecular complexity index is 313. The number of alkyl halides is 1. The summed E-state index contributed by atoms with van der Waals surface area (Å²) in [6.45, 7) is 0. The lowest BCUT2D eigenvalue weighted by Crippen LogP contribution is -1.85. The molecule has 0 N–H and O–H groups in total. The number of hydrogen-bond acceptors (Lipinski definition) is 3. The number of thioether (sulfide) groups is 1. The highest BCUT2D eigenvalue weighted by Gasteiger charge is 1.91. The third-order valence-electron chi connectivity index (χ3n) is 1.26. The van der Waals surface area contributed by atoms with Crippen molar-refractivity contribution in [2.45, 2.75) is 11.6 Å². The van der Waals surface area contributed by atoms with Gasteiger partial charge in [0.25, 0.3) is 0 Å². The fourth-order valence-electron chi connectivity index (χ4n) is 0.698. The number of hydrogen-bond donors (Lipinski definition) is 0. The van der Waals surface area contributed by atoms with Crippen LogP contribution in [-0.4, -0.2) is 21.6 Å². The maximum Gasteiger partial charge on any atom is 0.187 e. The lowest BCUT2D eigenvalue weighted by molar-refractivity contribution is 0.964. The fraction of sp³-hybridized carbons (Fsp3) is 0.333. The van der Waals surface area contributed by atoms with Crippen LogP contribution in [0.1, 0.15) is 12.0 Å². The molecule has 0 spiro atoms. The minimum absolute atomic E-state index is 0.783. The summed E-state index contributed by atoms with van der Waals surface area (Å²) < 4.78 is 0. The highest BCUT2D eigenvalue weighted by Crippen LogP contribution is 2.06. The average molecular weight is 257 g/mol. The standard InChI is InChI=1S/C9H9BrN2S/c1-13-9-11-6-8(7-12-9)4-2-3-5-10/h6-7H,3,5H2,1H3. The van der Waals surface area contributed by atoms with E-state index >= 15 is 0 Å². The topological polar surface area (TPSA) is 25.8 Å². The van der Waals surface area contributed by atoms with Gasteiger partial charge in [-0.2, -0.15) is 0 Å². The third kappa shape index (κ3) is 3.79. The smallest absolute Gasteiger partial charge is 0.187 e. The molecule has 0 aromatic carbocycles. The first kappa shape index (κ1) is 10.6. The molecule has 0 saturated heterocycles. The van der Waals surface area contributed by atoms with Gasteiger partial charge >= 0.3 is 0 Å². The maximum absolute atomic E-state index is 4.11. The van der Waals surface area contributed by atoms with Crippen molar-refractivity contribution < 1.29 is 0 Å². The van der Waals surface area contributed by atoms with Crippen LogP contribution < -0.4 is 0 Å². The summed E-state index contributed by atoms with van der Waals surface area (Å²) in [5, 5.41) is 1.69. The second-order valence-electron chi connectivity index (χ2n) is 2.20. The molecule has 13 heavy (non-hydrogen) atoms. The molecule has 68 valence electrons. The van der Waals surface area contributed by atoms with Crippen LogP contribution in [-0.2, 0) is 0 Å². The minimum atomic E-state index is 0.783. The molecule has 4 heteroatoms. The van der Waals surface area contributed by atoms with Gasteiger partial charge in [0.1, 0.15) is 0 Å². The Morgan fingerprint density at radius 1 is 1.46 bits per heavy atom. The molecule has 0 bridgehead atoms. The highest BCUT2D eigenvalue weighted by molar-refractivity contribution is 9.09. The van der Waals surface area contributed by atoms with Gasteiger partial charge in [0.2, 0.25) is 0 Å². The van der Waals surface area contributed by atoms with Crippen LogP contribution in [0.3, 0.4) is 0 Å². The van der Waals surface area contributed by atoms with E-state index in [1.807, 2.05) is 6.26 Å². The molecule has 0 aliphatic heterocycles. The predicted octanol–water partition coefficient (Wildman–Crippen LogP) is 2.33. The van der Waals surface area contributed by atoms with Crippen LogP contribution in [0, 0.1) is 11.8 Å². The number of nitrogens with zero attached hydrogens (tertiary/aromatic N) is 2. The Hall–Kier alpha value is -0.530. The Balaban J connectivity index is 2.65. The molecular weight excluding hydrogens is 248 g/mol. The monoisotopic (exact) mass is 256 g/mol. The Kier molecular flexibility index (Phi) is 4.87. The summed E-state index contributed by atoms with van der Waals surface area (Å²) in [4.78, 5) is 8.23. The van der Waals surface area contributed by atoms with Gasteiger partial charge in [-0.1, -0.05) is 39.5 Å². The van der Waals surface area contributed by atoms with Crippen molar-refractivity contribution >= 4 is 27.7 Å². The zero-order valence-electron chi connectivity index (χ0n) is 7.25. The Morgan fingerprint density at radius 3 is 2.69 bits per heavy atom. The molecule has 0 unspecified atom stereocenters. The van der Waals surface area contributed by atoms with E-state index in [9.17, 15) is 0 Å². The fourth-order valence-corrected chi connectivity index (χ4v) is 1.21. The minimum Gasteiger partial charge on any atom is -0.230 e. The Morgan fingerprint density at radius 2 is 2.15 bits per heavy atom. The van der Waals surface area contributed by atoms with Gasteiger partial charge in [0.05, 0.1) is 5.56 Å². The van der Waals surface area contributed by atoms with Gasteiger partial charge < -0.3 is 0 Å². The first-order chi connectivity index (χ1) is 6.36. The number of halogens is 1. The second-order valence-corrected chi connectivity index (χ2v) is 3.77. The van der Waals surface area contributed by atoms with E-state index in [-0.39, 0.29) is 0 Å².